The van der Waals surface area contributed by atoms with E-state index in [1.54, 1.807) is 13.0 Å². The van der Waals surface area contributed by atoms with E-state index >= 15 is 0 Å². The second-order valence-electron chi connectivity index (χ2n) is 7.58. The number of nitrogens with zero attached hydrogens (tertiary/aromatic N) is 5. The molecule has 0 bridgehead atoms. The van der Waals surface area contributed by atoms with Gasteiger partial charge in [-0.2, -0.15) is 13.2 Å². The Morgan fingerprint density at radius 3 is 2.61 bits per heavy atom. The summed E-state index contributed by atoms with van der Waals surface area (Å²) >= 11 is 6.21. The van der Waals surface area contributed by atoms with E-state index in [0.717, 1.165) is 6.08 Å². The molecule has 1 aliphatic rings. The molecule has 0 spiro atoms. The van der Waals surface area contributed by atoms with Gasteiger partial charge in [0.15, 0.2) is 0 Å². The number of rotatable bonds is 5. The van der Waals surface area contributed by atoms with Crippen LogP contribution in [0, 0.1) is 0 Å². The van der Waals surface area contributed by atoms with E-state index in [0.29, 0.717) is 5.56 Å². The fraction of sp³-hybridized carbons (Fsp3) is 0.381. The molecule has 0 radical (unpaired) electrons. The zero-order chi connectivity index (χ0) is 24.3. The number of alkyl halides is 3. The number of amides is 2. The average Bonchev–Trinajstić information content (AvgIpc) is 2.76. The van der Waals surface area contributed by atoms with E-state index in [9.17, 15) is 22.8 Å². The molecule has 2 aromatic heterocycles. The summed E-state index contributed by atoms with van der Waals surface area (Å²) in [5.74, 6) is -0.803. The monoisotopic (exact) mass is 482 g/mol. The van der Waals surface area contributed by atoms with Gasteiger partial charge in [-0.1, -0.05) is 18.2 Å². The third kappa shape index (κ3) is 5.85. The third-order valence-corrected chi connectivity index (χ3v) is 5.47. The molecule has 0 aromatic carbocycles. The SMILES string of the molecule is C=CC(=O)N1C[C@@H](c2cc(Cl)nc(-c3cc(C(=O)NC)ncn3)c2)N(CC(F)(F)F)C[C@@H]1C. The number of carbonyl (C=O) groups is 2. The lowest BCUT2D eigenvalue weighted by Gasteiger charge is -2.45. The quantitative estimate of drug-likeness (QED) is 0.520. The summed E-state index contributed by atoms with van der Waals surface area (Å²) in [5.41, 5.74) is 1.07. The maximum Gasteiger partial charge on any atom is 0.401 e. The van der Waals surface area contributed by atoms with Crippen molar-refractivity contribution in [3.63, 3.8) is 0 Å². The van der Waals surface area contributed by atoms with Gasteiger partial charge >= 0.3 is 6.18 Å². The summed E-state index contributed by atoms with van der Waals surface area (Å²) < 4.78 is 40.0. The van der Waals surface area contributed by atoms with Gasteiger partial charge in [-0.3, -0.25) is 14.5 Å². The molecule has 1 fully saturated rings. The van der Waals surface area contributed by atoms with Crippen LogP contribution in [0.15, 0.2) is 37.2 Å². The summed E-state index contributed by atoms with van der Waals surface area (Å²) in [5, 5.41) is 2.49. The van der Waals surface area contributed by atoms with Crippen LogP contribution in [0.4, 0.5) is 13.2 Å². The Labute approximate surface area is 193 Å². The topological polar surface area (TPSA) is 91.3 Å². The number of halogens is 4. The van der Waals surface area contributed by atoms with Gasteiger partial charge in [-0.05, 0) is 36.8 Å². The van der Waals surface area contributed by atoms with Gasteiger partial charge in [-0.15, -0.1) is 0 Å². The molecule has 12 heteroatoms. The zero-order valence-electron chi connectivity index (χ0n) is 17.9. The van der Waals surface area contributed by atoms with Crippen molar-refractivity contribution in [1.82, 2.24) is 30.1 Å². The highest BCUT2D eigenvalue weighted by atomic mass is 35.5. The van der Waals surface area contributed by atoms with Crippen LogP contribution in [0.2, 0.25) is 5.15 Å². The van der Waals surface area contributed by atoms with Crippen molar-refractivity contribution in [2.24, 2.45) is 0 Å². The van der Waals surface area contributed by atoms with Crippen LogP contribution in [0.3, 0.4) is 0 Å². The minimum absolute atomic E-state index is 0.00730. The fourth-order valence-corrected chi connectivity index (χ4v) is 4.00. The van der Waals surface area contributed by atoms with Gasteiger partial charge in [0.2, 0.25) is 5.91 Å². The molecule has 1 aliphatic heterocycles. The van der Waals surface area contributed by atoms with Gasteiger partial charge in [-0.25, -0.2) is 15.0 Å². The van der Waals surface area contributed by atoms with Crippen LogP contribution >= 0.6 is 11.6 Å². The molecule has 33 heavy (non-hydrogen) atoms. The molecule has 2 aromatic rings. The Hall–Kier alpha value is -3.05. The van der Waals surface area contributed by atoms with E-state index in [1.165, 1.54) is 35.3 Å². The van der Waals surface area contributed by atoms with Crippen molar-refractivity contribution < 1.29 is 22.8 Å². The normalized spacial score (nSPS) is 19.3. The Morgan fingerprint density at radius 2 is 1.97 bits per heavy atom. The molecule has 0 saturated carbocycles. The Bertz CT molecular complexity index is 1060. The van der Waals surface area contributed by atoms with Crippen LogP contribution < -0.4 is 5.32 Å². The molecule has 3 rings (SSSR count). The summed E-state index contributed by atoms with van der Waals surface area (Å²) in [6, 6.07) is 3.19. The second-order valence-corrected chi connectivity index (χ2v) is 7.97. The van der Waals surface area contributed by atoms with Crippen molar-refractivity contribution in [2.75, 3.05) is 26.7 Å². The highest BCUT2D eigenvalue weighted by Crippen LogP contribution is 2.33. The minimum atomic E-state index is -4.43. The molecule has 176 valence electrons. The first-order valence-corrected chi connectivity index (χ1v) is 10.4. The van der Waals surface area contributed by atoms with Crippen molar-refractivity contribution in [1.29, 1.82) is 0 Å². The Kier molecular flexibility index (Phi) is 7.33. The lowest BCUT2D eigenvalue weighted by atomic mass is 9.99. The van der Waals surface area contributed by atoms with Crippen molar-refractivity contribution in [3.05, 3.63) is 53.6 Å². The summed E-state index contributed by atoms with van der Waals surface area (Å²) in [7, 11) is 1.45. The number of piperazine rings is 1. The molecule has 0 unspecified atom stereocenters. The second kappa shape index (κ2) is 9.84. The van der Waals surface area contributed by atoms with Crippen molar-refractivity contribution in [3.8, 4) is 11.4 Å². The van der Waals surface area contributed by atoms with E-state index in [-0.39, 0.29) is 41.2 Å². The number of nitrogens with one attached hydrogen (secondary N) is 1. The van der Waals surface area contributed by atoms with Crippen LogP contribution in [0.1, 0.15) is 29.0 Å². The van der Waals surface area contributed by atoms with Gasteiger partial charge in [0.05, 0.1) is 24.0 Å². The molecule has 1 saturated heterocycles. The predicted octanol–water partition coefficient (Wildman–Crippen LogP) is 2.87. The van der Waals surface area contributed by atoms with Gasteiger partial charge in [0.25, 0.3) is 5.91 Å². The maximum atomic E-state index is 13.3. The van der Waals surface area contributed by atoms with Crippen LogP contribution in [0.5, 0.6) is 0 Å². The largest absolute Gasteiger partial charge is 0.401 e. The molecular formula is C21H22ClF3N6O2. The van der Waals surface area contributed by atoms with Crippen LogP contribution in [-0.4, -0.2) is 75.5 Å². The average molecular weight is 483 g/mol. The maximum absolute atomic E-state index is 13.3. The summed E-state index contributed by atoms with van der Waals surface area (Å²) in [6.07, 6.45) is -2.11. The number of hydrogen-bond acceptors (Lipinski definition) is 6. The first-order chi connectivity index (χ1) is 15.5. The van der Waals surface area contributed by atoms with Crippen molar-refractivity contribution >= 4 is 23.4 Å². The number of carbonyl (C=O) groups excluding carboxylic acids is 2. The molecule has 0 aliphatic carbocycles. The number of pyridine rings is 1. The highest BCUT2D eigenvalue weighted by molar-refractivity contribution is 6.29. The molecular weight excluding hydrogens is 461 g/mol. The number of aromatic nitrogens is 3. The molecule has 8 nitrogen and oxygen atoms in total. The molecule has 3 heterocycles. The lowest BCUT2D eigenvalue weighted by Crippen LogP contribution is -2.56. The standard InChI is InChI=1S/C21H22ClF3N6O2/c1-4-19(32)31-9-17(30(8-12(31)2)10-21(23,24)25)13-5-15(29-18(22)6-13)14-7-16(20(33)26-3)28-11-27-14/h4-7,11-12,17H,1,8-10H2,2-3H3,(H,26,33)/t12-,17-/m0/s1. The molecule has 2 amide bonds. The van der Waals surface area contributed by atoms with Gasteiger partial charge in [0.1, 0.15) is 17.2 Å². The summed E-state index contributed by atoms with van der Waals surface area (Å²) in [6.45, 7) is 4.03. The van der Waals surface area contributed by atoms with Crippen LogP contribution in [-0.2, 0) is 4.79 Å². The third-order valence-electron chi connectivity index (χ3n) is 5.27. The Balaban J connectivity index is 2.04. The van der Waals surface area contributed by atoms with E-state index in [1.807, 2.05) is 0 Å². The first kappa shape index (κ1) is 24.6. The summed E-state index contributed by atoms with van der Waals surface area (Å²) in [4.78, 5) is 39.2. The predicted molar refractivity (Wildman–Crippen MR) is 115 cm³/mol. The molecule has 1 N–H and O–H groups in total. The lowest BCUT2D eigenvalue weighted by molar-refractivity contribution is -0.161. The molecule has 2 atom stereocenters. The van der Waals surface area contributed by atoms with E-state index < -0.39 is 30.7 Å². The van der Waals surface area contributed by atoms with Gasteiger partial charge < -0.3 is 10.2 Å². The van der Waals surface area contributed by atoms with E-state index in [2.05, 4.69) is 26.8 Å². The number of hydrogen-bond donors (Lipinski definition) is 1. The van der Waals surface area contributed by atoms with Gasteiger partial charge in [0, 0.05) is 26.2 Å². The van der Waals surface area contributed by atoms with Crippen molar-refractivity contribution in [2.45, 2.75) is 25.2 Å². The zero-order valence-corrected chi connectivity index (χ0v) is 18.7. The Morgan fingerprint density at radius 1 is 1.24 bits per heavy atom. The van der Waals surface area contributed by atoms with Crippen LogP contribution in [0.25, 0.3) is 11.4 Å². The van der Waals surface area contributed by atoms with E-state index in [4.69, 9.17) is 11.6 Å². The smallest absolute Gasteiger partial charge is 0.354 e. The highest BCUT2D eigenvalue weighted by Gasteiger charge is 2.40. The fourth-order valence-electron chi connectivity index (χ4n) is 3.78. The first-order valence-electron chi connectivity index (χ1n) is 9.98. The minimum Gasteiger partial charge on any atom is -0.354 e.